The minimum atomic E-state index is -0.702. The molecule has 6 nitrogen and oxygen atoms in total. The monoisotopic (exact) mass is 380 g/mol. The number of methoxy groups -OCH3 is 2. The number of carbonyl (C=O) groups excluding carboxylic acids is 1. The molecule has 2 aromatic rings. The van der Waals surface area contributed by atoms with Gasteiger partial charge in [-0.2, -0.15) is 5.26 Å². The van der Waals surface area contributed by atoms with Crippen molar-refractivity contribution < 1.29 is 19.0 Å². The fraction of sp³-hybridized carbons (Fsp3) is 0.364. The number of likely N-dealkylation sites (tertiary alicyclic amines) is 1. The van der Waals surface area contributed by atoms with E-state index in [2.05, 4.69) is 6.07 Å². The molecule has 2 unspecified atom stereocenters. The highest BCUT2D eigenvalue weighted by atomic mass is 16.5. The van der Waals surface area contributed by atoms with Gasteiger partial charge in [-0.25, -0.2) is 0 Å². The summed E-state index contributed by atoms with van der Waals surface area (Å²) in [5.74, 6) is 1.76. The number of para-hydroxylation sites is 1. The first kappa shape index (κ1) is 19.6. The van der Waals surface area contributed by atoms with Crippen LogP contribution in [0.1, 0.15) is 36.9 Å². The van der Waals surface area contributed by atoms with Gasteiger partial charge >= 0.3 is 0 Å². The highest BCUT2D eigenvalue weighted by Gasteiger charge is 2.35. The molecule has 1 aliphatic rings. The molecule has 1 aliphatic heterocycles. The average molecular weight is 380 g/mol. The van der Waals surface area contributed by atoms with E-state index in [0.717, 1.165) is 29.9 Å². The van der Waals surface area contributed by atoms with Crippen molar-refractivity contribution >= 4 is 5.91 Å². The second kappa shape index (κ2) is 8.66. The summed E-state index contributed by atoms with van der Waals surface area (Å²) in [6.07, 6.45) is 1.04. The molecule has 2 atom stereocenters. The molecule has 1 saturated heterocycles. The molecule has 1 fully saturated rings. The van der Waals surface area contributed by atoms with Crippen LogP contribution in [-0.2, 0) is 4.79 Å². The Morgan fingerprint density at radius 2 is 1.96 bits per heavy atom. The molecule has 3 rings (SSSR count). The van der Waals surface area contributed by atoms with Crippen LogP contribution < -0.4 is 14.2 Å². The third kappa shape index (κ3) is 3.89. The lowest BCUT2D eigenvalue weighted by Crippen LogP contribution is -2.40. The zero-order valence-corrected chi connectivity index (χ0v) is 16.3. The third-order valence-corrected chi connectivity index (χ3v) is 4.99. The highest BCUT2D eigenvalue weighted by molar-refractivity contribution is 5.82. The Balaban J connectivity index is 1.82. The summed E-state index contributed by atoms with van der Waals surface area (Å²) in [6.45, 7) is 2.37. The maximum absolute atomic E-state index is 13.1. The van der Waals surface area contributed by atoms with Crippen molar-refractivity contribution in [2.24, 2.45) is 0 Å². The molecule has 1 amide bonds. The maximum Gasteiger partial charge on any atom is 0.263 e. The smallest absolute Gasteiger partial charge is 0.263 e. The summed E-state index contributed by atoms with van der Waals surface area (Å²) in [7, 11) is 3.24. The largest absolute Gasteiger partial charge is 0.497 e. The third-order valence-electron chi connectivity index (χ3n) is 4.99. The lowest BCUT2D eigenvalue weighted by atomic mass is 10.0. The van der Waals surface area contributed by atoms with Crippen LogP contribution in [0, 0.1) is 11.3 Å². The number of hydrogen-bond acceptors (Lipinski definition) is 5. The lowest BCUT2D eigenvalue weighted by Gasteiger charge is -2.29. The van der Waals surface area contributed by atoms with E-state index in [1.165, 1.54) is 0 Å². The van der Waals surface area contributed by atoms with Gasteiger partial charge in [-0.3, -0.25) is 4.79 Å². The Kier molecular flexibility index (Phi) is 6.05. The molecule has 6 heteroatoms. The molecule has 0 saturated carbocycles. The lowest BCUT2D eigenvalue weighted by molar-refractivity contribution is -0.139. The minimum absolute atomic E-state index is 0.102. The summed E-state index contributed by atoms with van der Waals surface area (Å²) in [6, 6.07) is 14.5. The minimum Gasteiger partial charge on any atom is -0.497 e. The van der Waals surface area contributed by atoms with E-state index in [0.29, 0.717) is 17.9 Å². The van der Waals surface area contributed by atoms with Crippen LogP contribution in [0.5, 0.6) is 17.2 Å². The zero-order chi connectivity index (χ0) is 20.1. The van der Waals surface area contributed by atoms with E-state index in [4.69, 9.17) is 14.2 Å². The van der Waals surface area contributed by atoms with E-state index < -0.39 is 6.10 Å². The van der Waals surface area contributed by atoms with Gasteiger partial charge in [0.25, 0.3) is 5.91 Å². The Labute approximate surface area is 165 Å². The first-order valence-corrected chi connectivity index (χ1v) is 9.27. The van der Waals surface area contributed by atoms with Gasteiger partial charge in [0.05, 0.1) is 25.8 Å². The first-order valence-electron chi connectivity index (χ1n) is 9.27. The van der Waals surface area contributed by atoms with Crippen LogP contribution >= 0.6 is 0 Å². The molecule has 146 valence electrons. The SMILES string of the molecule is COc1ccc(OC)c(C2CCCN2C(=O)C(C)Oc2ccccc2C#N)c1. The van der Waals surface area contributed by atoms with Crippen molar-refractivity contribution in [2.45, 2.75) is 31.9 Å². The number of amides is 1. The summed E-state index contributed by atoms with van der Waals surface area (Å²) in [5.41, 5.74) is 1.34. The zero-order valence-electron chi connectivity index (χ0n) is 16.3. The molecule has 1 heterocycles. The van der Waals surface area contributed by atoms with Crippen LogP contribution in [-0.4, -0.2) is 37.7 Å². The van der Waals surface area contributed by atoms with Gasteiger partial charge in [0, 0.05) is 12.1 Å². The van der Waals surface area contributed by atoms with E-state index in [1.54, 1.807) is 45.4 Å². The van der Waals surface area contributed by atoms with Crippen molar-refractivity contribution in [3.05, 3.63) is 53.6 Å². The highest BCUT2D eigenvalue weighted by Crippen LogP contribution is 2.39. The van der Waals surface area contributed by atoms with Crippen LogP contribution in [0.2, 0.25) is 0 Å². The fourth-order valence-corrected chi connectivity index (χ4v) is 3.59. The van der Waals surface area contributed by atoms with Crippen LogP contribution in [0.15, 0.2) is 42.5 Å². The fourth-order valence-electron chi connectivity index (χ4n) is 3.59. The quantitative estimate of drug-likeness (QED) is 0.764. The van der Waals surface area contributed by atoms with Gasteiger partial charge in [0.2, 0.25) is 0 Å². The molecule has 0 aliphatic carbocycles. The van der Waals surface area contributed by atoms with Gasteiger partial charge < -0.3 is 19.1 Å². The number of nitriles is 1. The Morgan fingerprint density at radius 1 is 1.18 bits per heavy atom. The molecule has 2 aromatic carbocycles. The predicted molar refractivity (Wildman–Crippen MR) is 104 cm³/mol. The maximum atomic E-state index is 13.1. The van der Waals surface area contributed by atoms with Crippen LogP contribution in [0.25, 0.3) is 0 Å². The summed E-state index contributed by atoms with van der Waals surface area (Å²) in [5, 5.41) is 9.23. The van der Waals surface area contributed by atoms with Crippen molar-refractivity contribution in [2.75, 3.05) is 20.8 Å². The van der Waals surface area contributed by atoms with E-state index in [9.17, 15) is 10.1 Å². The Hall–Kier alpha value is -3.20. The first-order chi connectivity index (χ1) is 13.6. The normalized spacial score (nSPS) is 16.9. The van der Waals surface area contributed by atoms with Crippen LogP contribution in [0.3, 0.4) is 0 Å². The number of benzene rings is 2. The van der Waals surface area contributed by atoms with Crippen molar-refractivity contribution in [1.82, 2.24) is 4.90 Å². The van der Waals surface area contributed by atoms with Crippen LogP contribution in [0.4, 0.5) is 0 Å². The van der Waals surface area contributed by atoms with E-state index >= 15 is 0 Å². The molecular weight excluding hydrogens is 356 g/mol. The summed E-state index contributed by atoms with van der Waals surface area (Å²) < 4.78 is 16.7. The molecule has 0 N–H and O–H groups in total. The predicted octanol–water partition coefficient (Wildman–Crippen LogP) is 3.71. The van der Waals surface area contributed by atoms with Gasteiger partial charge in [0.1, 0.15) is 23.3 Å². The number of carbonyl (C=O) groups is 1. The van der Waals surface area contributed by atoms with Gasteiger partial charge in [-0.05, 0) is 50.1 Å². The summed E-state index contributed by atoms with van der Waals surface area (Å²) in [4.78, 5) is 15.0. The number of hydrogen-bond donors (Lipinski definition) is 0. The molecule has 0 bridgehead atoms. The van der Waals surface area contributed by atoms with E-state index in [1.807, 2.05) is 23.1 Å². The molecule has 0 spiro atoms. The Morgan fingerprint density at radius 3 is 2.68 bits per heavy atom. The average Bonchev–Trinajstić information content (AvgIpc) is 3.22. The summed E-state index contributed by atoms with van der Waals surface area (Å²) >= 11 is 0. The topological polar surface area (TPSA) is 71.8 Å². The number of rotatable bonds is 6. The standard InChI is InChI=1S/C22H24N2O4/c1-15(28-20-9-5-4-7-16(20)14-23)22(25)24-12-6-8-19(24)18-13-17(26-2)10-11-21(18)27-3/h4-5,7,9-11,13,15,19H,6,8,12H2,1-3H3. The second-order valence-corrected chi connectivity index (χ2v) is 6.67. The van der Waals surface area contributed by atoms with Crippen molar-refractivity contribution in [3.63, 3.8) is 0 Å². The van der Waals surface area contributed by atoms with Crippen molar-refractivity contribution in [3.8, 4) is 23.3 Å². The van der Waals surface area contributed by atoms with Crippen molar-refractivity contribution in [1.29, 1.82) is 5.26 Å². The number of nitrogens with zero attached hydrogens (tertiary/aromatic N) is 2. The molecule has 28 heavy (non-hydrogen) atoms. The molecule has 0 radical (unpaired) electrons. The second-order valence-electron chi connectivity index (χ2n) is 6.67. The van der Waals surface area contributed by atoms with Gasteiger partial charge in [0.15, 0.2) is 6.10 Å². The molecular formula is C22H24N2O4. The van der Waals surface area contributed by atoms with Gasteiger partial charge in [-0.1, -0.05) is 12.1 Å². The molecule has 0 aromatic heterocycles. The van der Waals surface area contributed by atoms with E-state index in [-0.39, 0.29) is 11.9 Å². The Bertz CT molecular complexity index is 890. The number of ether oxygens (including phenoxy) is 3. The van der Waals surface area contributed by atoms with Gasteiger partial charge in [-0.15, -0.1) is 0 Å².